The Labute approximate surface area is 146 Å². The number of aryl methyl sites for hydroxylation is 1. The van der Waals surface area contributed by atoms with E-state index in [4.69, 9.17) is 4.74 Å². The van der Waals surface area contributed by atoms with Crippen LogP contribution in [-0.2, 0) is 29.0 Å². The second-order valence-corrected chi connectivity index (χ2v) is 6.13. The fourth-order valence-electron chi connectivity index (χ4n) is 3.06. The van der Waals surface area contributed by atoms with Gasteiger partial charge in [-0.15, -0.1) is 0 Å². The molecule has 2 aromatic rings. The van der Waals surface area contributed by atoms with Crippen LogP contribution in [0.5, 0.6) is 5.75 Å². The van der Waals surface area contributed by atoms with Crippen molar-refractivity contribution in [2.24, 2.45) is 0 Å². The molecule has 1 unspecified atom stereocenters. The number of rotatable bonds is 5. The highest BCUT2D eigenvalue weighted by molar-refractivity contribution is 5.85. The van der Waals surface area contributed by atoms with Crippen LogP contribution in [0.15, 0.2) is 48.5 Å². The van der Waals surface area contributed by atoms with Crippen LogP contribution in [0.2, 0.25) is 0 Å². The number of carbonyl (C=O) groups is 2. The Morgan fingerprint density at radius 3 is 2.44 bits per heavy atom. The number of amides is 1. The van der Waals surface area contributed by atoms with Gasteiger partial charge in [0.1, 0.15) is 11.8 Å². The second kappa shape index (κ2) is 7.38. The van der Waals surface area contributed by atoms with Gasteiger partial charge in [-0.3, -0.25) is 4.79 Å². The lowest BCUT2D eigenvalue weighted by atomic mass is 9.94. The fourth-order valence-corrected chi connectivity index (χ4v) is 3.06. The predicted octanol–water partition coefficient (Wildman–Crippen LogP) is 2.67. The van der Waals surface area contributed by atoms with Crippen LogP contribution in [0.3, 0.4) is 0 Å². The molecule has 1 atom stereocenters. The minimum atomic E-state index is -0.991. The summed E-state index contributed by atoms with van der Waals surface area (Å²) >= 11 is 0. The molecule has 0 bridgehead atoms. The third kappa shape index (κ3) is 3.82. The number of carbonyl (C=O) groups excluding carboxylic acids is 1. The van der Waals surface area contributed by atoms with Crippen LogP contribution in [-0.4, -0.2) is 34.5 Å². The van der Waals surface area contributed by atoms with Crippen molar-refractivity contribution in [3.63, 3.8) is 0 Å². The zero-order valence-electron chi connectivity index (χ0n) is 14.1. The van der Waals surface area contributed by atoms with Crippen LogP contribution in [0.25, 0.3) is 0 Å². The van der Waals surface area contributed by atoms with Crippen molar-refractivity contribution in [2.45, 2.75) is 32.4 Å². The van der Waals surface area contributed by atoms with Gasteiger partial charge in [-0.2, -0.15) is 0 Å². The predicted molar refractivity (Wildman–Crippen MR) is 93.4 cm³/mol. The summed E-state index contributed by atoms with van der Waals surface area (Å²) in [5.74, 6) is -0.702. The van der Waals surface area contributed by atoms with E-state index in [1.807, 2.05) is 48.5 Å². The van der Waals surface area contributed by atoms with Crippen molar-refractivity contribution in [2.75, 3.05) is 6.61 Å². The molecule has 5 heteroatoms. The Kier molecular flexibility index (Phi) is 5.03. The molecule has 1 N–H and O–H groups in total. The van der Waals surface area contributed by atoms with Crippen molar-refractivity contribution in [1.29, 1.82) is 0 Å². The van der Waals surface area contributed by atoms with Crippen LogP contribution >= 0.6 is 0 Å². The van der Waals surface area contributed by atoms with Gasteiger partial charge in [0.05, 0.1) is 0 Å². The van der Waals surface area contributed by atoms with E-state index in [-0.39, 0.29) is 12.5 Å². The van der Waals surface area contributed by atoms with E-state index in [2.05, 4.69) is 6.92 Å². The molecular formula is C20H21NO4. The highest BCUT2D eigenvalue weighted by Gasteiger charge is 2.34. The number of ether oxygens (including phenoxy) is 1. The molecule has 2 aromatic carbocycles. The summed E-state index contributed by atoms with van der Waals surface area (Å²) < 4.78 is 5.55. The Morgan fingerprint density at radius 2 is 1.80 bits per heavy atom. The number of carboxylic acid groups (broad SMARTS) is 1. The minimum Gasteiger partial charge on any atom is -0.484 e. The first-order valence-corrected chi connectivity index (χ1v) is 8.39. The number of aliphatic carboxylic acids is 1. The molecule has 0 fully saturated rings. The van der Waals surface area contributed by atoms with E-state index in [0.29, 0.717) is 18.7 Å². The molecule has 25 heavy (non-hydrogen) atoms. The van der Waals surface area contributed by atoms with Gasteiger partial charge >= 0.3 is 5.97 Å². The molecule has 5 nitrogen and oxygen atoms in total. The van der Waals surface area contributed by atoms with Gasteiger partial charge in [0.2, 0.25) is 0 Å². The van der Waals surface area contributed by atoms with Crippen LogP contribution < -0.4 is 4.74 Å². The van der Waals surface area contributed by atoms with E-state index < -0.39 is 12.0 Å². The molecule has 3 rings (SSSR count). The largest absolute Gasteiger partial charge is 0.484 e. The van der Waals surface area contributed by atoms with Crippen molar-refractivity contribution in [3.8, 4) is 5.75 Å². The van der Waals surface area contributed by atoms with Gasteiger partial charge < -0.3 is 14.7 Å². The SMILES string of the molecule is CCc1ccc(OCC(=O)N2Cc3ccccc3CC2C(=O)O)cc1. The lowest BCUT2D eigenvalue weighted by Gasteiger charge is -2.34. The Morgan fingerprint density at radius 1 is 1.12 bits per heavy atom. The van der Waals surface area contributed by atoms with E-state index in [9.17, 15) is 14.7 Å². The molecule has 130 valence electrons. The number of nitrogens with zero attached hydrogens (tertiary/aromatic N) is 1. The smallest absolute Gasteiger partial charge is 0.326 e. The second-order valence-electron chi connectivity index (χ2n) is 6.13. The Bertz CT molecular complexity index is 770. The third-order valence-corrected chi connectivity index (χ3v) is 4.55. The molecule has 1 amide bonds. The summed E-state index contributed by atoms with van der Waals surface area (Å²) in [6.45, 7) is 2.20. The van der Waals surface area contributed by atoms with E-state index in [0.717, 1.165) is 17.5 Å². The Hall–Kier alpha value is -2.82. The first-order valence-electron chi connectivity index (χ1n) is 8.39. The summed E-state index contributed by atoms with van der Waals surface area (Å²) in [7, 11) is 0. The number of hydrogen-bond acceptors (Lipinski definition) is 3. The van der Waals surface area contributed by atoms with E-state index in [1.54, 1.807) is 0 Å². The zero-order chi connectivity index (χ0) is 17.8. The van der Waals surface area contributed by atoms with E-state index in [1.165, 1.54) is 10.5 Å². The maximum atomic E-state index is 12.6. The molecule has 1 aliphatic heterocycles. The molecule has 0 aliphatic carbocycles. The highest BCUT2D eigenvalue weighted by Crippen LogP contribution is 2.24. The normalized spacial score (nSPS) is 16.2. The van der Waals surface area contributed by atoms with Gasteiger partial charge in [-0.05, 0) is 35.2 Å². The van der Waals surface area contributed by atoms with Gasteiger partial charge in [-0.25, -0.2) is 4.79 Å². The molecule has 0 spiro atoms. The summed E-state index contributed by atoms with van der Waals surface area (Å²) in [5, 5.41) is 9.49. The number of hydrogen-bond donors (Lipinski definition) is 1. The van der Waals surface area contributed by atoms with E-state index >= 15 is 0 Å². The number of benzene rings is 2. The van der Waals surface area contributed by atoms with Crippen molar-refractivity contribution < 1.29 is 19.4 Å². The van der Waals surface area contributed by atoms with Gasteiger partial charge in [0.15, 0.2) is 6.61 Å². The van der Waals surface area contributed by atoms with Crippen molar-refractivity contribution >= 4 is 11.9 Å². The first kappa shape index (κ1) is 17.0. The van der Waals surface area contributed by atoms with Crippen molar-refractivity contribution in [1.82, 2.24) is 4.90 Å². The summed E-state index contributed by atoms with van der Waals surface area (Å²) in [5.41, 5.74) is 3.16. The third-order valence-electron chi connectivity index (χ3n) is 4.55. The maximum absolute atomic E-state index is 12.6. The molecular weight excluding hydrogens is 318 g/mol. The summed E-state index contributed by atoms with van der Waals surface area (Å²) in [4.78, 5) is 25.5. The summed E-state index contributed by atoms with van der Waals surface area (Å²) in [6.07, 6.45) is 1.26. The molecule has 1 aliphatic rings. The average Bonchev–Trinajstić information content (AvgIpc) is 2.65. The van der Waals surface area contributed by atoms with Crippen LogP contribution in [0, 0.1) is 0 Å². The zero-order valence-corrected chi connectivity index (χ0v) is 14.1. The maximum Gasteiger partial charge on any atom is 0.326 e. The van der Waals surface area contributed by atoms with Gasteiger partial charge in [0, 0.05) is 13.0 Å². The van der Waals surface area contributed by atoms with Crippen molar-refractivity contribution in [3.05, 3.63) is 65.2 Å². The summed E-state index contributed by atoms with van der Waals surface area (Å²) in [6, 6.07) is 14.3. The average molecular weight is 339 g/mol. The first-order chi connectivity index (χ1) is 12.1. The van der Waals surface area contributed by atoms with Crippen LogP contribution in [0.4, 0.5) is 0 Å². The number of fused-ring (bicyclic) bond motifs is 1. The monoisotopic (exact) mass is 339 g/mol. The molecule has 1 heterocycles. The standard InChI is InChI=1S/C20H21NO4/c1-2-14-7-9-17(10-8-14)25-13-19(22)21-12-16-6-4-3-5-15(16)11-18(21)20(23)24/h3-10,18H,2,11-13H2,1H3,(H,23,24). The highest BCUT2D eigenvalue weighted by atomic mass is 16.5. The fraction of sp³-hybridized carbons (Fsp3) is 0.300. The quantitative estimate of drug-likeness (QED) is 0.909. The lowest BCUT2D eigenvalue weighted by molar-refractivity contribution is -0.152. The van der Waals surface area contributed by atoms with Gasteiger partial charge in [0.25, 0.3) is 5.91 Å². The topological polar surface area (TPSA) is 66.8 Å². The molecule has 0 saturated heterocycles. The molecule has 0 radical (unpaired) electrons. The minimum absolute atomic E-state index is 0.169. The van der Waals surface area contributed by atoms with Gasteiger partial charge in [-0.1, -0.05) is 43.3 Å². The Balaban J connectivity index is 1.70. The molecule has 0 saturated carbocycles. The number of carboxylic acids is 1. The lowest BCUT2D eigenvalue weighted by Crippen LogP contribution is -2.50. The molecule has 0 aromatic heterocycles. The van der Waals surface area contributed by atoms with Crippen LogP contribution in [0.1, 0.15) is 23.6 Å².